The maximum absolute atomic E-state index is 12.9. The summed E-state index contributed by atoms with van der Waals surface area (Å²) in [7, 11) is 0. The second-order valence-corrected chi connectivity index (χ2v) is 2.85. The third-order valence-electron chi connectivity index (χ3n) is 2.05. The van der Waals surface area contributed by atoms with Gasteiger partial charge in [0, 0.05) is 5.56 Å². The van der Waals surface area contributed by atoms with Crippen LogP contribution in [-0.2, 0) is 0 Å². The lowest BCUT2D eigenvalue weighted by molar-refractivity contribution is 0.339. The normalized spacial score (nSPS) is 20.2. The van der Waals surface area contributed by atoms with Crippen LogP contribution in [-0.4, -0.2) is 0 Å². The molecule has 0 bridgehead atoms. The lowest BCUT2D eigenvalue weighted by Crippen LogP contribution is -1.94. The third-order valence-corrected chi connectivity index (χ3v) is 2.05. The molecule has 0 aliphatic heterocycles. The number of hydrogen-bond donors (Lipinski definition) is 0. The molecule has 0 nitrogen and oxygen atoms in total. The van der Waals surface area contributed by atoms with Crippen LogP contribution >= 0.6 is 0 Å². The van der Waals surface area contributed by atoms with Gasteiger partial charge in [-0.3, -0.25) is 0 Å². The number of halogens is 5. The summed E-state index contributed by atoms with van der Waals surface area (Å²) in [5.41, 5.74) is -1.46. The highest BCUT2D eigenvalue weighted by Gasteiger charge is 2.35. The average Bonchev–Trinajstić information content (AvgIpc) is 2.38. The van der Waals surface area contributed by atoms with Crippen molar-refractivity contribution >= 4 is 5.83 Å². The highest BCUT2D eigenvalue weighted by molar-refractivity contribution is 5.71. The van der Waals surface area contributed by atoms with Crippen molar-refractivity contribution in [3.05, 3.63) is 40.7 Å². The van der Waals surface area contributed by atoms with E-state index in [9.17, 15) is 22.0 Å². The molecule has 5 heteroatoms. The van der Waals surface area contributed by atoms with Crippen molar-refractivity contribution in [1.29, 1.82) is 0 Å². The van der Waals surface area contributed by atoms with E-state index in [0.29, 0.717) is 6.07 Å². The molecule has 0 heterocycles. The van der Waals surface area contributed by atoms with Crippen LogP contribution in [0, 0.1) is 11.6 Å². The van der Waals surface area contributed by atoms with E-state index < -0.39 is 40.6 Å². The maximum atomic E-state index is 12.9. The minimum absolute atomic E-state index is 0.515. The fourth-order valence-corrected chi connectivity index (χ4v) is 1.37. The zero-order valence-corrected chi connectivity index (χ0v) is 6.62. The quantitative estimate of drug-likeness (QED) is 0.569. The van der Waals surface area contributed by atoms with E-state index in [1.54, 1.807) is 0 Å². The molecule has 0 saturated heterocycles. The third kappa shape index (κ3) is 0.981. The van der Waals surface area contributed by atoms with Crippen LogP contribution in [0.1, 0.15) is 17.3 Å². The van der Waals surface area contributed by atoms with E-state index in [0.717, 1.165) is 6.07 Å². The molecule has 0 radical (unpaired) electrons. The van der Waals surface area contributed by atoms with E-state index in [-0.39, 0.29) is 0 Å². The van der Waals surface area contributed by atoms with Crippen LogP contribution in [0.4, 0.5) is 22.0 Å². The Labute approximate surface area is 75.7 Å². The first-order chi connectivity index (χ1) is 6.54. The minimum Gasteiger partial charge on any atom is -0.234 e. The first-order valence-electron chi connectivity index (χ1n) is 3.71. The number of fused-ring (bicyclic) bond motifs is 1. The van der Waals surface area contributed by atoms with Gasteiger partial charge in [0.05, 0.1) is 5.56 Å². The Bertz CT molecular complexity index is 435. The predicted octanol–water partition coefficient (Wildman–Crippen LogP) is 3.60. The molecule has 0 spiro atoms. The van der Waals surface area contributed by atoms with Gasteiger partial charge in [0.2, 0.25) is 0 Å². The molecule has 1 aromatic rings. The van der Waals surface area contributed by atoms with Gasteiger partial charge in [-0.25, -0.2) is 22.0 Å². The van der Waals surface area contributed by atoms with Crippen LogP contribution in [0.5, 0.6) is 0 Å². The van der Waals surface area contributed by atoms with Crippen LogP contribution in [0.15, 0.2) is 18.0 Å². The van der Waals surface area contributed by atoms with E-state index in [1.807, 2.05) is 0 Å². The lowest BCUT2D eigenvalue weighted by atomic mass is 10.1. The van der Waals surface area contributed by atoms with Gasteiger partial charge in [0.25, 0.3) is 0 Å². The van der Waals surface area contributed by atoms with Crippen molar-refractivity contribution in [2.24, 2.45) is 0 Å². The highest BCUT2D eigenvalue weighted by atomic mass is 19.2. The summed E-state index contributed by atoms with van der Waals surface area (Å²) in [6.45, 7) is 0. The molecular weight excluding hydrogens is 203 g/mol. The Kier molecular flexibility index (Phi) is 1.83. The average molecular weight is 206 g/mol. The Morgan fingerprint density at radius 1 is 1.00 bits per heavy atom. The van der Waals surface area contributed by atoms with E-state index >= 15 is 0 Å². The molecule has 1 aliphatic carbocycles. The molecule has 1 atom stereocenters. The first-order valence-corrected chi connectivity index (χ1v) is 3.71. The molecule has 0 fully saturated rings. The summed E-state index contributed by atoms with van der Waals surface area (Å²) in [5.74, 6) is -6.26. The van der Waals surface area contributed by atoms with Crippen molar-refractivity contribution in [2.75, 3.05) is 0 Å². The molecule has 0 saturated carbocycles. The number of hydrogen-bond acceptors (Lipinski definition) is 0. The summed E-state index contributed by atoms with van der Waals surface area (Å²) in [6.07, 6.45) is -2.33. The van der Waals surface area contributed by atoms with Gasteiger partial charge >= 0.3 is 0 Å². The smallest absolute Gasteiger partial charge is 0.180 e. The summed E-state index contributed by atoms with van der Waals surface area (Å²) in [5, 5.41) is 0. The monoisotopic (exact) mass is 206 g/mol. The number of alkyl halides is 1. The second-order valence-electron chi connectivity index (χ2n) is 2.85. The minimum atomic E-state index is -2.33. The van der Waals surface area contributed by atoms with Gasteiger partial charge in [0.15, 0.2) is 29.5 Å². The van der Waals surface area contributed by atoms with Crippen molar-refractivity contribution in [1.82, 2.24) is 0 Å². The molecule has 1 unspecified atom stereocenters. The van der Waals surface area contributed by atoms with Gasteiger partial charge in [-0.05, 0) is 6.07 Å². The topological polar surface area (TPSA) is 0 Å². The summed E-state index contributed by atoms with van der Waals surface area (Å²) < 4.78 is 63.9. The predicted molar refractivity (Wildman–Crippen MR) is 39.3 cm³/mol. The van der Waals surface area contributed by atoms with Crippen molar-refractivity contribution < 1.29 is 22.0 Å². The summed E-state index contributed by atoms with van der Waals surface area (Å²) >= 11 is 0. The second kappa shape index (κ2) is 2.80. The molecule has 1 aliphatic rings. The van der Waals surface area contributed by atoms with Crippen molar-refractivity contribution in [3.63, 3.8) is 0 Å². The molecule has 2 rings (SSSR count). The largest absolute Gasteiger partial charge is 0.234 e. The Balaban J connectivity index is 2.75. The number of allylic oxidation sites excluding steroid dienone is 1. The molecule has 14 heavy (non-hydrogen) atoms. The van der Waals surface area contributed by atoms with Gasteiger partial charge in [-0.1, -0.05) is 6.07 Å². The van der Waals surface area contributed by atoms with E-state index in [4.69, 9.17) is 0 Å². The molecule has 1 aromatic carbocycles. The summed E-state index contributed by atoms with van der Waals surface area (Å²) in [6, 6.07) is 1.46. The van der Waals surface area contributed by atoms with Gasteiger partial charge in [-0.2, -0.15) is 0 Å². The van der Waals surface area contributed by atoms with Crippen LogP contribution in [0.3, 0.4) is 0 Å². The standard InChI is InChI=1S/C9H3F5/c10-4-2-1-3-5(7(4)12)8(13)9(14)6(3)11/h1-2,6H. The fourth-order valence-electron chi connectivity index (χ4n) is 1.37. The van der Waals surface area contributed by atoms with E-state index in [1.165, 1.54) is 0 Å². The zero-order valence-electron chi connectivity index (χ0n) is 6.62. The van der Waals surface area contributed by atoms with Gasteiger partial charge < -0.3 is 0 Å². The first kappa shape index (κ1) is 9.18. The lowest BCUT2D eigenvalue weighted by Gasteiger charge is -2.02. The molecular formula is C9H3F5. The molecule has 74 valence electrons. The van der Waals surface area contributed by atoms with Crippen molar-refractivity contribution in [2.45, 2.75) is 6.17 Å². The zero-order chi connectivity index (χ0) is 10.5. The van der Waals surface area contributed by atoms with Gasteiger partial charge in [-0.15, -0.1) is 0 Å². The van der Waals surface area contributed by atoms with Gasteiger partial charge in [0.1, 0.15) is 0 Å². The molecule has 0 aromatic heterocycles. The Hall–Kier alpha value is -1.39. The van der Waals surface area contributed by atoms with Crippen LogP contribution in [0.2, 0.25) is 0 Å². The Morgan fingerprint density at radius 2 is 1.64 bits per heavy atom. The maximum Gasteiger partial charge on any atom is 0.180 e. The molecule has 0 N–H and O–H groups in total. The van der Waals surface area contributed by atoms with E-state index in [2.05, 4.69) is 0 Å². The van der Waals surface area contributed by atoms with Crippen LogP contribution < -0.4 is 0 Å². The highest BCUT2D eigenvalue weighted by Crippen LogP contribution is 2.45. The fraction of sp³-hybridized carbons (Fsp3) is 0.111. The number of benzene rings is 1. The van der Waals surface area contributed by atoms with Crippen LogP contribution in [0.25, 0.3) is 5.83 Å². The summed E-state index contributed by atoms with van der Waals surface area (Å²) in [4.78, 5) is 0. The molecule has 0 amide bonds. The number of rotatable bonds is 0. The SMILES string of the molecule is FC1=C(F)C(F)c2ccc(F)c(F)c21. The Morgan fingerprint density at radius 3 is 2.29 bits per heavy atom. The van der Waals surface area contributed by atoms with Crippen molar-refractivity contribution in [3.8, 4) is 0 Å².